The molecule has 4 amide bonds. The fourth-order valence-electron chi connectivity index (χ4n) is 4.13. The summed E-state index contributed by atoms with van der Waals surface area (Å²) in [6.07, 6.45) is -3.17. The zero-order valence-electron chi connectivity index (χ0n) is 18.0. The quantitative estimate of drug-likeness (QED) is 0.732. The number of hydrogen-bond acceptors (Lipinski definition) is 5. The number of aromatic nitrogens is 1. The van der Waals surface area contributed by atoms with Gasteiger partial charge in [-0.15, -0.1) is 0 Å². The third-order valence-electron chi connectivity index (χ3n) is 5.96. The van der Waals surface area contributed by atoms with Crippen LogP contribution in [0.2, 0.25) is 0 Å². The molecule has 0 aliphatic carbocycles. The molecule has 2 fully saturated rings. The van der Waals surface area contributed by atoms with Gasteiger partial charge in [-0.3, -0.25) is 14.5 Å². The minimum atomic E-state index is -4.49. The van der Waals surface area contributed by atoms with Crippen LogP contribution < -0.4 is 10.2 Å². The largest absolute Gasteiger partial charge is 0.416 e. The number of carbonyl (C=O) groups is 3. The third kappa shape index (κ3) is 3.89. The molecule has 9 nitrogen and oxygen atoms in total. The molecule has 1 spiro atoms. The number of alkyl halides is 3. The molecule has 1 aromatic heterocycles. The Hall–Kier alpha value is -4.14. The second-order valence-electron chi connectivity index (χ2n) is 8.02. The van der Waals surface area contributed by atoms with Gasteiger partial charge in [-0.1, -0.05) is 12.1 Å². The first-order valence-corrected chi connectivity index (χ1v) is 10.2. The topological polar surface area (TPSA) is 110 Å². The molecule has 176 valence electrons. The monoisotopic (exact) mass is 472 g/mol. The maximum atomic E-state index is 13.6. The Labute approximate surface area is 192 Å². The SMILES string of the molecule is CNC(=O)N1CC2(C1)C(=O)N(c1ccc(C#N)nc1)CC(=O)N2Cc1ccc(C(F)(F)F)cc1. The van der Waals surface area contributed by atoms with Crippen molar-refractivity contribution in [3.8, 4) is 6.07 Å². The molecular weight excluding hydrogens is 453 g/mol. The molecule has 2 aliphatic heterocycles. The number of nitriles is 1. The summed E-state index contributed by atoms with van der Waals surface area (Å²) in [5.74, 6) is -0.869. The summed E-state index contributed by atoms with van der Waals surface area (Å²) in [4.78, 5) is 46.8. The maximum Gasteiger partial charge on any atom is 0.416 e. The number of pyridine rings is 1. The Morgan fingerprint density at radius 1 is 1.18 bits per heavy atom. The molecule has 1 N–H and O–H groups in total. The molecule has 2 saturated heterocycles. The maximum absolute atomic E-state index is 13.6. The van der Waals surface area contributed by atoms with Crippen LogP contribution in [0.3, 0.4) is 0 Å². The van der Waals surface area contributed by atoms with Crippen molar-refractivity contribution in [1.29, 1.82) is 5.26 Å². The van der Waals surface area contributed by atoms with Crippen LogP contribution >= 0.6 is 0 Å². The number of halogens is 3. The normalized spacial score (nSPS) is 17.4. The van der Waals surface area contributed by atoms with Crippen molar-refractivity contribution in [3.05, 3.63) is 59.4 Å². The van der Waals surface area contributed by atoms with Crippen molar-refractivity contribution < 1.29 is 27.6 Å². The van der Waals surface area contributed by atoms with Gasteiger partial charge in [-0.05, 0) is 29.8 Å². The van der Waals surface area contributed by atoms with E-state index in [4.69, 9.17) is 5.26 Å². The van der Waals surface area contributed by atoms with E-state index in [9.17, 15) is 27.6 Å². The average molecular weight is 472 g/mol. The Morgan fingerprint density at radius 3 is 2.38 bits per heavy atom. The van der Waals surface area contributed by atoms with Gasteiger partial charge in [0.1, 0.15) is 18.3 Å². The minimum absolute atomic E-state index is 0.0713. The summed E-state index contributed by atoms with van der Waals surface area (Å²) < 4.78 is 38.7. The van der Waals surface area contributed by atoms with Crippen LogP contribution in [0, 0.1) is 11.3 Å². The zero-order valence-corrected chi connectivity index (χ0v) is 18.0. The first kappa shape index (κ1) is 23.0. The molecule has 12 heteroatoms. The van der Waals surface area contributed by atoms with Crippen molar-refractivity contribution in [1.82, 2.24) is 20.1 Å². The van der Waals surface area contributed by atoms with E-state index in [0.717, 1.165) is 12.1 Å². The molecule has 1 aromatic carbocycles. The molecule has 34 heavy (non-hydrogen) atoms. The molecule has 0 bridgehead atoms. The minimum Gasteiger partial charge on any atom is -0.341 e. The molecule has 4 rings (SSSR count). The lowest BCUT2D eigenvalue weighted by Gasteiger charge is -2.57. The lowest BCUT2D eigenvalue weighted by atomic mass is 9.83. The smallest absolute Gasteiger partial charge is 0.341 e. The van der Waals surface area contributed by atoms with Crippen molar-refractivity contribution in [3.63, 3.8) is 0 Å². The van der Waals surface area contributed by atoms with Gasteiger partial charge in [0.25, 0.3) is 5.91 Å². The molecule has 2 aromatic rings. The highest BCUT2D eigenvalue weighted by atomic mass is 19.4. The third-order valence-corrected chi connectivity index (χ3v) is 5.96. The number of piperazine rings is 1. The average Bonchev–Trinajstić information content (AvgIpc) is 2.79. The second kappa shape index (κ2) is 8.33. The Bertz CT molecular complexity index is 1170. The molecule has 0 radical (unpaired) electrons. The van der Waals surface area contributed by atoms with E-state index in [0.29, 0.717) is 11.3 Å². The molecule has 0 unspecified atom stereocenters. The van der Waals surface area contributed by atoms with Gasteiger partial charge in [0.2, 0.25) is 5.91 Å². The standard InChI is InChI=1S/C22H19F3N6O3/c1-27-20(34)29-12-21(13-29)19(33)30(17-7-6-16(8-26)28-9-17)11-18(32)31(21)10-14-2-4-15(5-3-14)22(23,24)25/h2-7,9H,10-13H2,1H3,(H,27,34). The number of anilines is 1. The highest BCUT2D eigenvalue weighted by Gasteiger charge is 2.60. The molecule has 0 atom stereocenters. The van der Waals surface area contributed by atoms with Gasteiger partial charge in [0.05, 0.1) is 30.5 Å². The van der Waals surface area contributed by atoms with Gasteiger partial charge in [0.15, 0.2) is 5.54 Å². The zero-order chi connectivity index (χ0) is 24.7. The number of nitrogens with one attached hydrogen (secondary N) is 1. The summed E-state index contributed by atoms with van der Waals surface area (Å²) >= 11 is 0. The molecule has 2 aliphatic rings. The Morgan fingerprint density at radius 2 is 1.85 bits per heavy atom. The molecule has 3 heterocycles. The van der Waals surface area contributed by atoms with Gasteiger partial charge in [0, 0.05) is 13.6 Å². The van der Waals surface area contributed by atoms with E-state index in [2.05, 4.69) is 10.3 Å². The van der Waals surface area contributed by atoms with Gasteiger partial charge in [-0.2, -0.15) is 18.4 Å². The van der Waals surface area contributed by atoms with Crippen molar-refractivity contribution in [2.24, 2.45) is 0 Å². The summed E-state index contributed by atoms with van der Waals surface area (Å²) in [7, 11) is 1.44. The number of likely N-dealkylation sites (tertiary alicyclic amines) is 1. The van der Waals surface area contributed by atoms with E-state index < -0.39 is 35.1 Å². The number of benzene rings is 1. The van der Waals surface area contributed by atoms with Crippen LogP contribution in [0.5, 0.6) is 0 Å². The molecule has 0 saturated carbocycles. The fourth-order valence-corrected chi connectivity index (χ4v) is 4.13. The summed E-state index contributed by atoms with van der Waals surface area (Å²) in [5, 5.41) is 11.4. The lowest BCUT2D eigenvalue weighted by Crippen LogP contribution is -2.81. The van der Waals surface area contributed by atoms with Gasteiger partial charge >= 0.3 is 12.2 Å². The van der Waals surface area contributed by atoms with E-state index in [-0.39, 0.29) is 31.9 Å². The van der Waals surface area contributed by atoms with Crippen molar-refractivity contribution in [2.75, 3.05) is 31.6 Å². The number of rotatable bonds is 3. The predicted molar refractivity (Wildman–Crippen MR) is 112 cm³/mol. The lowest BCUT2D eigenvalue weighted by molar-refractivity contribution is -0.161. The fraction of sp³-hybridized carbons (Fsp3) is 0.318. The highest BCUT2D eigenvalue weighted by Crippen LogP contribution is 2.37. The van der Waals surface area contributed by atoms with E-state index >= 15 is 0 Å². The van der Waals surface area contributed by atoms with E-state index in [1.54, 1.807) is 0 Å². The van der Waals surface area contributed by atoms with Crippen LogP contribution in [-0.4, -0.2) is 64.9 Å². The number of hydrogen-bond donors (Lipinski definition) is 1. The number of carbonyl (C=O) groups excluding carboxylic acids is 3. The van der Waals surface area contributed by atoms with Gasteiger partial charge in [-0.25, -0.2) is 9.78 Å². The summed E-state index contributed by atoms with van der Waals surface area (Å²) in [6.45, 7) is -0.547. The van der Waals surface area contributed by atoms with Crippen LogP contribution in [-0.2, 0) is 22.3 Å². The number of amides is 4. The van der Waals surface area contributed by atoms with Crippen LogP contribution in [0.4, 0.5) is 23.7 Å². The first-order valence-electron chi connectivity index (χ1n) is 10.2. The van der Waals surface area contributed by atoms with E-state index in [1.165, 1.54) is 52.2 Å². The number of nitrogens with zero attached hydrogens (tertiary/aromatic N) is 5. The van der Waals surface area contributed by atoms with Crippen molar-refractivity contribution >= 4 is 23.5 Å². The second-order valence-corrected chi connectivity index (χ2v) is 8.02. The number of urea groups is 1. The van der Waals surface area contributed by atoms with E-state index in [1.807, 2.05) is 6.07 Å². The first-order chi connectivity index (χ1) is 16.1. The molecular formula is C22H19F3N6O3. The summed E-state index contributed by atoms with van der Waals surface area (Å²) in [6, 6.07) is 8.76. The Balaban J connectivity index is 1.64. The van der Waals surface area contributed by atoms with Crippen LogP contribution in [0.1, 0.15) is 16.8 Å². The predicted octanol–water partition coefficient (Wildman–Crippen LogP) is 1.74. The van der Waals surface area contributed by atoms with Crippen LogP contribution in [0.25, 0.3) is 0 Å². The van der Waals surface area contributed by atoms with Gasteiger partial charge < -0.3 is 15.1 Å². The summed E-state index contributed by atoms with van der Waals surface area (Å²) in [5.41, 5.74) is -1.31. The Kier molecular flexibility index (Phi) is 5.64. The highest BCUT2D eigenvalue weighted by molar-refractivity contribution is 6.10. The van der Waals surface area contributed by atoms with Crippen molar-refractivity contribution in [2.45, 2.75) is 18.3 Å². The van der Waals surface area contributed by atoms with Crippen LogP contribution in [0.15, 0.2) is 42.6 Å².